The molecule has 1 atom stereocenters. The third-order valence-electron chi connectivity index (χ3n) is 6.42. The normalized spacial score (nSPS) is 14.2. The Morgan fingerprint density at radius 1 is 1.07 bits per heavy atom. The fraction of sp³-hybridized carbons (Fsp3) is 0.219. The van der Waals surface area contributed by atoms with Gasteiger partial charge in [-0.05, 0) is 73.6 Å². The summed E-state index contributed by atoms with van der Waals surface area (Å²) in [5.41, 5.74) is 6.15. The number of amides is 1. The molecule has 0 aliphatic carbocycles. The monoisotopic (exact) mass is 613 g/mol. The van der Waals surface area contributed by atoms with Gasteiger partial charge in [-0.15, -0.1) is 0 Å². The minimum Gasteiger partial charge on any atom is -0.493 e. The first-order valence-electron chi connectivity index (χ1n) is 13.6. The molecule has 1 aliphatic heterocycles. The Balaban J connectivity index is 1.36. The minimum absolute atomic E-state index is 0.218. The van der Waals surface area contributed by atoms with Gasteiger partial charge in [0, 0.05) is 11.3 Å². The maximum Gasteiger partial charge on any atom is 0.338 e. The van der Waals surface area contributed by atoms with Gasteiger partial charge in [0.05, 0.1) is 43.2 Å². The van der Waals surface area contributed by atoms with E-state index in [9.17, 15) is 9.59 Å². The van der Waals surface area contributed by atoms with Crippen molar-refractivity contribution in [1.82, 2.24) is 16.1 Å². The van der Waals surface area contributed by atoms with E-state index in [1.165, 1.54) is 13.3 Å². The number of esters is 1. The molecular formula is C32H31N5O6S. The van der Waals surface area contributed by atoms with E-state index in [2.05, 4.69) is 27.2 Å². The van der Waals surface area contributed by atoms with Crippen LogP contribution in [0.5, 0.6) is 17.2 Å². The van der Waals surface area contributed by atoms with Crippen molar-refractivity contribution in [2.75, 3.05) is 20.3 Å². The molecule has 0 spiro atoms. The smallest absolute Gasteiger partial charge is 0.338 e. The van der Waals surface area contributed by atoms with Crippen LogP contribution >= 0.6 is 12.2 Å². The van der Waals surface area contributed by atoms with Gasteiger partial charge in [0.2, 0.25) is 0 Å². The summed E-state index contributed by atoms with van der Waals surface area (Å²) >= 11 is 5.31. The molecule has 4 rings (SSSR count). The molecule has 3 N–H and O–H groups in total. The Morgan fingerprint density at radius 2 is 1.84 bits per heavy atom. The second-order valence-corrected chi connectivity index (χ2v) is 9.83. The quantitative estimate of drug-likeness (QED) is 0.119. The largest absolute Gasteiger partial charge is 0.493 e. The zero-order valence-corrected chi connectivity index (χ0v) is 25.2. The van der Waals surface area contributed by atoms with Crippen LogP contribution in [0.15, 0.2) is 83.1 Å². The number of allylic oxidation sites excluding steroid dienone is 1. The molecule has 11 nitrogen and oxygen atoms in total. The van der Waals surface area contributed by atoms with Gasteiger partial charge in [0.1, 0.15) is 12.4 Å². The molecule has 3 aromatic rings. The number of hydrogen-bond acceptors (Lipinski definition) is 9. The van der Waals surface area contributed by atoms with E-state index < -0.39 is 17.9 Å². The fourth-order valence-electron chi connectivity index (χ4n) is 4.33. The topological polar surface area (TPSA) is 143 Å². The van der Waals surface area contributed by atoms with Gasteiger partial charge in [-0.25, -0.2) is 10.2 Å². The van der Waals surface area contributed by atoms with Gasteiger partial charge in [-0.3, -0.25) is 4.79 Å². The molecule has 0 fully saturated rings. The van der Waals surface area contributed by atoms with Crippen molar-refractivity contribution >= 4 is 35.4 Å². The van der Waals surface area contributed by atoms with E-state index in [1.54, 1.807) is 68.4 Å². The number of nitrogens with one attached hydrogen (secondary N) is 3. The standard InChI is InChI=1S/C32H31N5O6S/c1-4-41-31(39)29-20(2)35-32(44)36-30(29)24-7-5-6-8-25(24)43-19-28(38)37-34-17-23-13-14-26(27(15-23)40-3)42-18-22-11-9-21(16-33)10-12-22/h5-15,17,30H,4,18-19H2,1-3H3,(H,37,38)(H2,35,36,44)/t30-/m0/s1. The average molecular weight is 614 g/mol. The number of nitriles is 1. The first-order valence-corrected chi connectivity index (χ1v) is 14.0. The van der Waals surface area contributed by atoms with Crippen molar-refractivity contribution in [3.63, 3.8) is 0 Å². The van der Waals surface area contributed by atoms with Crippen molar-refractivity contribution in [2.24, 2.45) is 5.10 Å². The van der Waals surface area contributed by atoms with E-state index in [-0.39, 0.29) is 13.2 Å². The number of nitrogens with zero attached hydrogens (tertiary/aromatic N) is 2. The molecule has 0 radical (unpaired) electrons. The van der Waals surface area contributed by atoms with Gasteiger partial charge < -0.3 is 29.6 Å². The lowest BCUT2D eigenvalue weighted by atomic mass is 9.95. The van der Waals surface area contributed by atoms with E-state index in [0.29, 0.717) is 56.9 Å². The summed E-state index contributed by atoms with van der Waals surface area (Å²) in [5, 5.41) is 19.4. The highest BCUT2D eigenvalue weighted by Gasteiger charge is 2.32. The highest BCUT2D eigenvalue weighted by molar-refractivity contribution is 7.80. The number of rotatable bonds is 12. The number of thiocarbonyl (C=S) groups is 1. The number of benzene rings is 3. The lowest BCUT2D eigenvalue weighted by molar-refractivity contribution is -0.139. The molecule has 12 heteroatoms. The highest BCUT2D eigenvalue weighted by atomic mass is 32.1. The van der Waals surface area contributed by atoms with Crippen LogP contribution in [0.4, 0.5) is 0 Å². The number of methoxy groups -OCH3 is 1. The van der Waals surface area contributed by atoms with Gasteiger partial charge in [0.15, 0.2) is 23.2 Å². The Hall–Kier alpha value is -5.41. The van der Waals surface area contributed by atoms with Crippen molar-refractivity contribution in [3.8, 4) is 23.3 Å². The summed E-state index contributed by atoms with van der Waals surface area (Å²) < 4.78 is 22.4. The summed E-state index contributed by atoms with van der Waals surface area (Å²) in [6, 6.07) is 20.9. The number of carbonyl (C=O) groups is 2. The van der Waals surface area contributed by atoms with Crippen LogP contribution in [0.3, 0.4) is 0 Å². The predicted octanol–water partition coefficient (Wildman–Crippen LogP) is 4.03. The van der Waals surface area contributed by atoms with Crippen molar-refractivity contribution < 1.29 is 28.5 Å². The number of hydrogen-bond donors (Lipinski definition) is 3. The molecule has 1 amide bonds. The summed E-state index contributed by atoms with van der Waals surface area (Å²) in [6.07, 6.45) is 1.47. The second-order valence-electron chi connectivity index (χ2n) is 9.42. The van der Waals surface area contributed by atoms with Crippen LogP contribution in [0.25, 0.3) is 0 Å². The molecule has 0 saturated heterocycles. The van der Waals surface area contributed by atoms with E-state index in [1.807, 2.05) is 12.1 Å². The second kappa shape index (κ2) is 15.2. The van der Waals surface area contributed by atoms with Crippen LogP contribution in [0.2, 0.25) is 0 Å². The zero-order chi connectivity index (χ0) is 31.5. The number of ether oxygens (including phenoxy) is 4. The van der Waals surface area contributed by atoms with Crippen LogP contribution in [0, 0.1) is 11.3 Å². The third-order valence-corrected chi connectivity index (χ3v) is 6.64. The summed E-state index contributed by atoms with van der Waals surface area (Å²) in [5.74, 6) is 0.444. The maximum absolute atomic E-state index is 12.7. The van der Waals surface area contributed by atoms with E-state index in [0.717, 1.165) is 5.56 Å². The molecule has 0 aromatic heterocycles. The zero-order valence-electron chi connectivity index (χ0n) is 24.4. The van der Waals surface area contributed by atoms with Crippen molar-refractivity contribution in [3.05, 3.63) is 100 Å². The summed E-state index contributed by atoms with van der Waals surface area (Å²) in [4.78, 5) is 25.3. The lowest BCUT2D eigenvalue weighted by Gasteiger charge is -2.30. The molecule has 3 aromatic carbocycles. The molecule has 0 unspecified atom stereocenters. The van der Waals surface area contributed by atoms with Gasteiger partial charge >= 0.3 is 5.97 Å². The Labute approximate surface area is 260 Å². The van der Waals surface area contributed by atoms with Gasteiger partial charge in [0.25, 0.3) is 5.91 Å². The van der Waals surface area contributed by atoms with Crippen LogP contribution < -0.4 is 30.3 Å². The fourth-order valence-corrected chi connectivity index (χ4v) is 4.60. The molecule has 1 heterocycles. The van der Waals surface area contributed by atoms with E-state index >= 15 is 0 Å². The molecular weight excluding hydrogens is 582 g/mol. The maximum atomic E-state index is 12.7. The highest BCUT2D eigenvalue weighted by Crippen LogP contribution is 2.33. The molecule has 0 saturated carbocycles. The van der Waals surface area contributed by atoms with Crippen LogP contribution in [-0.4, -0.2) is 43.5 Å². The summed E-state index contributed by atoms with van der Waals surface area (Å²) in [6.45, 7) is 3.67. The number of carbonyl (C=O) groups excluding carboxylic acids is 2. The van der Waals surface area contributed by atoms with Crippen molar-refractivity contribution in [2.45, 2.75) is 26.5 Å². The predicted molar refractivity (Wildman–Crippen MR) is 167 cm³/mol. The Morgan fingerprint density at radius 3 is 2.57 bits per heavy atom. The third kappa shape index (κ3) is 8.11. The number of para-hydroxylation sites is 1. The van der Waals surface area contributed by atoms with Crippen LogP contribution in [0.1, 0.15) is 42.1 Å². The Kier molecular flexibility index (Phi) is 10.9. The molecule has 1 aliphatic rings. The van der Waals surface area contributed by atoms with Gasteiger partial charge in [-0.2, -0.15) is 10.4 Å². The van der Waals surface area contributed by atoms with Gasteiger partial charge in [-0.1, -0.05) is 30.3 Å². The minimum atomic E-state index is -0.633. The van der Waals surface area contributed by atoms with E-state index in [4.69, 9.17) is 36.4 Å². The first-order chi connectivity index (χ1) is 21.3. The lowest BCUT2D eigenvalue weighted by Crippen LogP contribution is -2.45. The average Bonchev–Trinajstić information content (AvgIpc) is 3.03. The molecule has 0 bridgehead atoms. The number of hydrazone groups is 1. The Bertz CT molecular complexity index is 1630. The van der Waals surface area contributed by atoms with Crippen LogP contribution in [-0.2, 0) is 20.9 Å². The first kappa shape index (κ1) is 31.5. The molecule has 44 heavy (non-hydrogen) atoms. The van der Waals surface area contributed by atoms with Crippen molar-refractivity contribution in [1.29, 1.82) is 5.26 Å². The summed E-state index contributed by atoms with van der Waals surface area (Å²) in [7, 11) is 1.53. The SMILES string of the molecule is CCOC(=O)C1=C(C)NC(=S)N[C@H]1c1ccccc1OCC(=O)NN=Cc1ccc(OCc2ccc(C#N)cc2)c(OC)c1. The molecule has 226 valence electrons.